The number of aromatic amines is 1. The van der Waals surface area contributed by atoms with Gasteiger partial charge in [-0.1, -0.05) is 48.1 Å². The van der Waals surface area contributed by atoms with Crippen LogP contribution < -0.4 is 0 Å². The molecule has 0 radical (unpaired) electrons. The Morgan fingerprint density at radius 3 is 2.55 bits per heavy atom. The van der Waals surface area contributed by atoms with Gasteiger partial charge in [0, 0.05) is 35.5 Å². The number of para-hydroxylation sites is 1. The van der Waals surface area contributed by atoms with Gasteiger partial charge in [-0.25, -0.2) is 8.78 Å². The summed E-state index contributed by atoms with van der Waals surface area (Å²) >= 11 is 0. The molecule has 0 spiro atoms. The van der Waals surface area contributed by atoms with Gasteiger partial charge in [-0.15, -0.1) is 16.8 Å². The predicted molar refractivity (Wildman–Crippen MR) is 113 cm³/mol. The van der Waals surface area contributed by atoms with Crippen LogP contribution in [0.5, 0.6) is 0 Å². The standard InChI is InChI=1S/C16H19N5.C6H10F2/c1-4-11(2)10-21-12(3)14(9-16-17-19-20-18-16)13-7-5-6-8-15(13)21;1-4-5(2)6(3,7)8/h4-8H,9-10H2,1-3H3,(H,17,18,19,20);4-5H,1H2,2-3H3/b11-4+;. The Morgan fingerprint density at radius 2 is 2.03 bits per heavy atom. The van der Waals surface area contributed by atoms with E-state index in [0.29, 0.717) is 6.42 Å². The van der Waals surface area contributed by atoms with Crippen molar-refractivity contribution in [2.75, 3.05) is 0 Å². The second kappa shape index (κ2) is 9.58. The zero-order valence-corrected chi connectivity index (χ0v) is 17.7. The minimum absolute atomic E-state index is 0.699. The lowest BCUT2D eigenvalue weighted by atomic mass is 10.1. The number of aromatic nitrogens is 5. The maximum absolute atomic E-state index is 12.0. The molecule has 1 aromatic carbocycles. The number of fused-ring (bicyclic) bond motifs is 1. The first kappa shape index (κ1) is 22.5. The first-order valence-electron chi connectivity index (χ1n) is 9.60. The average Bonchev–Trinajstić information content (AvgIpc) is 3.30. The molecular weight excluding hydrogens is 372 g/mol. The summed E-state index contributed by atoms with van der Waals surface area (Å²) in [5.41, 5.74) is 5.15. The monoisotopic (exact) mass is 401 g/mol. The van der Waals surface area contributed by atoms with Crippen molar-refractivity contribution in [1.82, 2.24) is 25.2 Å². The normalized spacial score (nSPS) is 13.1. The smallest absolute Gasteiger partial charge is 0.251 e. The lowest BCUT2D eigenvalue weighted by molar-refractivity contribution is -0.0140. The van der Waals surface area contributed by atoms with Gasteiger partial charge < -0.3 is 4.57 Å². The minimum atomic E-state index is -2.61. The van der Waals surface area contributed by atoms with Gasteiger partial charge in [0.2, 0.25) is 0 Å². The number of tetrazole rings is 1. The number of alkyl halides is 2. The molecule has 156 valence electrons. The van der Waals surface area contributed by atoms with E-state index in [9.17, 15) is 8.78 Å². The molecule has 7 heteroatoms. The number of nitrogens with one attached hydrogen (secondary N) is 1. The van der Waals surface area contributed by atoms with Crippen molar-refractivity contribution in [2.45, 2.75) is 53.5 Å². The van der Waals surface area contributed by atoms with Gasteiger partial charge in [-0.3, -0.25) is 0 Å². The highest BCUT2D eigenvalue weighted by Crippen LogP contribution is 2.28. The summed E-state index contributed by atoms with van der Waals surface area (Å²) in [7, 11) is 0. The van der Waals surface area contributed by atoms with Crippen LogP contribution in [0, 0.1) is 12.8 Å². The molecular formula is C22H29F2N5. The number of nitrogens with zero attached hydrogens (tertiary/aromatic N) is 4. The van der Waals surface area contributed by atoms with Gasteiger partial charge in [0.25, 0.3) is 5.92 Å². The Balaban J connectivity index is 0.000000321. The van der Waals surface area contributed by atoms with Crippen molar-refractivity contribution < 1.29 is 8.78 Å². The van der Waals surface area contributed by atoms with Gasteiger partial charge in [-0.05, 0) is 39.3 Å². The molecule has 0 saturated heterocycles. The van der Waals surface area contributed by atoms with Gasteiger partial charge in [0.05, 0.1) is 0 Å². The molecule has 29 heavy (non-hydrogen) atoms. The predicted octanol–water partition coefficient (Wildman–Crippen LogP) is 5.48. The number of halogens is 2. The van der Waals surface area contributed by atoms with Crippen molar-refractivity contribution in [2.24, 2.45) is 5.92 Å². The van der Waals surface area contributed by atoms with E-state index < -0.39 is 11.8 Å². The molecule has 2 aromatic heterocycles. The third-order valence-corrected chi connectivity index (χ3v) is 5.14. The highest BCUT2D eigenvalue weighted by molar-refractivity contribution is 5.85. The van der Waals surface area contributed by atoms with E-state index in [0.717, 1.165) is 19.3 Å². The van der Waals surface area contributed by atoms with E-state index in [-0.39, 0.29) is 0 Å². The molecule has 1 N–H and O–H groups in total. The van der Waals surface area contributed by atoms with E-state index in [1.807, 2.05) is 0 Å². The fraction of sp³-hybridized carbons (Fsp3) is 0.409. The Morgan fingerprint density at radius 1 is 1.34 bits per heavy atom. The molecule has 5 nitrogen and oxygen atoms in total. The van der Waals surface area contributed by atoms with Crippen LogP contribution in [-0.4, -0.2) is 31.1 Å². The van der Waals surface area contributed by atoms with E-state index in [2.05, 4.69) is 82.9 Å². The van der Waals surface area contributed by atoms with Crippen molar-refractivity contribution in [1.29, 1.82) is 0 Å². The van der Waals surface area contributed by atoms with Gasteiger partial charge in [0.15, 0.2) is 5.82 Å². The van der Waals surface area contributed by atoms with Crippen LogP contribution in [0.1, 0.15) is 44.8 Å². The summed E-state index contributed by atoms with van der Waals surface area (Å²) in [5, 5.41) is 15.6. The van der Waals surface area contributed by atoms with E-state index >= 15 is 0 Å². The molecule has 0 aliphatic rings. The highest BCUT2D eigenvalue weighted by atomic mass is 19.3. The van der Waals surface area contributed by atoms with Crippen molar-refractivity contribution in [3.05, 3.63) is 65.7 Å². The van der Waals surface area contributed by atoms with E-state index in [1.54, 1.807) is 0 Å². The van der Waals surface area contributed by atoms with Crippen LogP contribution in [-0.2, 0) is 13.0 Å². The zero-order valence-electron chi connectivity index (χ0n) is 17.7. The fourth-order valence-electron chi connectivity index (χ4n) is 2.89. The second-order valence-corrected chi connectivity index (χ2v) is 7.29. The molecule has 1 unspecified atom stereocenters. The Bertz CT molecular complexity index is 965. The lowest BCUT2D eigenvalue weighted by Gasteiger charge is -2.13. The lowest BCUT2D eigenvalue weighted by Crippen LogP contribution is -2.18. The number of benzene rings is 1. The average molecular weight is 402 g/mol. The minimum Gasteiger partial charge on any atom is -0.341 e. The summed E-state index contributed by atoms with van der Waals surface area (Å²) in [6, 6.07) is 8.50. The molecule has 0 saturated carbocycles. The largest absolute Gasteiger partial charge is 0.341 e. The molecule has 0 bridgehead atoms. The van der Waals surface area contributed by atoms with Crippen molar-refractivity contribution in [3.63, 3.8) is 0 Å². The maximum atomic E-state index is 12.0. The van der Waals surface area contributed by atoms with Crippen LogP contribution in [0.4, 0.5) is 8.78 Å². The quantitative estimate of drug-likeness (QED) is 0.556. The molecule has 0 fully saturated rings. The second-order valence-electron chi connectivity index (χ2n) is 7.29. The van der Waals surface area contributed by atoms with Gasteiger partial charge in [0.1, 0.15) is 0 Å². The zero-order chi connectivity index (χ0) is 21.6. The molecule has 2 heterocycles. The van der Waals surface area contributed by atoms with Crippen LogP contribution in [0.15, 0.2) is 48.6 Å². The fourth-order valence-corrected chi connectivity index (χ4v) is 2.89. The molecule has 1 atom stereocenters. The van der Waals surface area contributed by atoms with Crippen LogP contribution in [0.2, 0.25) is 0 Å². The summed E-state index contributed by atoms with van der Waals surface area (Å²) < 4.78 is 26.5. The number of hydrogen-bond acceptors (Lipinski definition) is 3. The first-order chi connectivity index (χ1) is 13.7. The van der Waals surface area contributed by atoms with Crippen LogP contribution >= 0.6 is 0 Å². The summed E-state index contributed by atoms with van der Waals surface area (Å²) in [5.74, 6) is -2.60. The Labute approximate surface area is 170 Å². The van der Waals surface area contributed by atoms with E-state index in [4.69, 9.17) is 0 Å². The van der Waals surface area contributed by atoms with Gasteiger partial charge >= 0.3 is 0 Å². The SMILES string of the molecule is C/C=C(\C)Cn1c(C)c(Cc2nn[nH]n2)c2ccccc21.C=CC(C)C(C)(F)F. The van der Waals surface area contributed by atoms with Crippen LogP contribution in [0.25, 0.3) is 10.9 Å². The summed E-state index contributed by atoms with van der Waals surface area (Å²) in [6.45, 7) is 12.9. The molecule has 0 aliphatic carbocycles. The number of allylic oxidation sites excluding steroid dienone is 3. The molecule has 3 aromatic rings. The van der Waals surface area contributed by atoms with Gasteiger partial charge in [-0.2, -0.15) is 5.21 Å². The molecule has 0 amide bonds. The summed E-state index contributed by atoms with van der Waals surface area (Å²) in [6.07, 6.45) is 4.11. The van der Waals surface area contributed by atoms with Crippen molar-refractivity contribution >= 4 is 10.9 Å². The van der Waals surface area contributed by atoms with Crippen LogP contribution in [0.3, 0.4) is 0 Å². The highest BCUT2D eigenvalue weighted by Gasteiger charge is 2.26. The third kappa shape index (κ3) is 5.59. The molecule has 3 rings (SSSR count). The van der Waals surface area contributed by atoms with Crippen molar-refractivity contribution in [3.8, 4) is 0 Å². The van der Waals surface area contributed by atoms with E-state index in [1.165, 1.54) is 40.7 Å². The third-order valence-electron chi connectivity index (χ3n) is 5.14. The topological polar surface area (TPSA) is 59.4 Å². The number of rotatable bonds is 6. The Hall–Kier alpha value is -2.83. The Kier molecular flexibility index (Phi) is 7.42. The maximum Gasteiger partial charge on any atom is 0.251 e. The number of H-pyrrole nitrogens is 1. The summed E-state index contributed by atoms with van der Waals surface area (Å²) in [4.78, 5) is 0. The first-order valence-corrected chi connectivity index (χ1v) is 9.60. The number of hydrogen-bond donors (Lipinski definition) is 1. The molecule has 0 aliphatic heterocycles.